The Kier molecular flexibility index (Phi) is 28.2. The first-order valence-corrected chi connectivity index (χ1v) is 20.0. The molecule has 45 heavy (non-hydrogen) atoms. The van der Waals surface area contributed by atoms with Crippen LogP contribution in [-0.4, -0.2) is 0 Å². The lowest BCUT2D eigenvalue weighted by atomic mass is 9.82. The van der Waals surface area contributed by atoms with Crippen LogP contribution in [0.15, 0.2) is 18.2 Å². The van der Waals surface area contributed by atoms with Crippen molar-refractivity contribution in [2.75, 3.05) is 0 Å². The van der Waals surface area contributed by atoms with E-state index in [9.17, 15) is 0 Å². The summed E-state index contributed by atoms with van der Waals surface area (Å²) in [6, 6.07) is 12.3. The van der Waals surface area contributed by atoms with Crippen LogP contribution in [0.3, 0.4) is 0 Å². The van der Waals surface area contributed by atoms with Crippen molar-refractivity contribution in [1.82, 2.24) is 0 Å². The summed E-state index contributed by atoms with van der Waals surface area (Å²) in [5.74, 6) is 1.44. The molecule has 2 heteroatoms. The molecule has 0 aliphatic rings. The monoisotopic (exact) mass is 619 g/mol. The number of unbranched alkanes of at least 4 members (excludes halogenated alkanes) is 22. The highest BCUT2D eigenvalue weighted by Crippen LogP contribution is 2.35. The van der Waals surface area contributed by atoms with E-state index in [1.807, 2.05) is 0 Å². The van der Waals surface area contributed by atoms with E-state index in [2.05, 4.69) is 51.1 Å². The molecule has 0 fully saturated rings. The molecule has 2 nitrogen and oxygen atoms in total. The second kappa shape index (κ2) is 30.8. The van der Waals surface area contributed by atoms with E-state index in [4.69, 9.17) is 10.5 Å². The molecule has 0 aromatic heterocycles. The topological polar surface area (TPSA) is 47.6 Å². The Morgan fingerprint density at radius 2 is 0.822 bits per heavy atom. The van der Waals surface area contributed by atoms with Crippen molar-refractivity contribution in [3.05, 3.63) is 34.9 Å². The standard InChI is InChI=1S/C43H74N2/c1-4-6-8-18-24-30-40(31-25-20-14-10-12-16-22-28-36-44)42-34-35-43(39(3)38-42)41(32-26-19-9-7-5-2)33-27-21-15-11-13-17-23-29-37-45/h34-35,38,40-41H,4-33H2,1-3H3. The molecular weight excluding hydrogens is 544 g/mol. The van der Waals surface area contributed by atoms with Gasteiger partial charge in [0.1, 0.15) is 0 Å². The fourth-order valence-corrected chi connectivity index (χ4v) is 7.29. The summed E-state index contributed by atoms with van der Waals surface area (Å²) in [5, 5.41) is 17.5. The fourth-order valence-electron chi connectivity index (χ4n) is 7.29. The van der Waals surface area contributed by atoms with E-state index in [1.165, 1.54) is 167 Å². The molecule has 0 N–H and O–H groups in total. The Morgan fingerprint density at radius 1 is 0.467 bits per heavy atom. The zero-order chi connectivity index (χ0) is 32.6. The highest BCUT2D eigenvalue weighted by atomic mass is 14.2. The lowest BCUT2D eigenvalue weighted by molar-refractivity contribution is 0.481. The summed E-state index contributed by atoms with van der Waals surface area (Å²) in [7, 11) is 0. The van der Waals surface area contributed by atoms with Gasteiger partial charge >= 0.3 is 0 Å². The molecule has 0 amide bonds. The summed E-state index contributed by atoms with van der Waals surface area (Å²) in [5.41, 5.74) is 4.81. The van der Waals surface area contributed by atoms with Gasteiger partial charge in [0.15, 0.2) is 0 Å². The molecule has 1 aromatic rings. The number of hydrogen-bond acceptors (Lipinski definition) is 2. The SMILES string of the molecule is CCCCCCCC(CCCCCCCCCC#N)c1ccc(C(CCCCCCC)CCCCCCCCCC#N)c(C)c1. The maximum atomic E-state index is 8.74. The molecule has 0 saturated carbocycles. The Morgan fingerprint density at radius 3 is 1.20 bits per heavy atom. The number of rotatable bonds is 32. The van der Waals surface area contributed by atoms with Crippen LogP contribution in [0.25, 0.3) is 0 Å². The Hall–Kier alpha value is -1.80. The zero-order valence-electron chi connectivity index (χ0n) is 30.5. The smallest absolute Gasteiger partial charge is 0.0621 e. The van der Waals surface area contributed by atoms with Crippen LogP contribution in [0.4, 0.5) is 0 Å². The van der Waals surface area contributed by atoms with Crippen molar-refractivity contribution in [1.29, 1.82) is 10.5 Å². The van der Waals surface area contributed by atoms with Crippen molar-refractivity contribution < 1.29 is 0 Å². The first-order chi connectivity index (χ1) is 22.2. The summed E-state index contributed by atoms with van der Waals surface area (Å²) in [6.07, 6.45) is 38.6. The molecule has 1 rings (SSSR count). The molecule has 1 aromatic carbocycles. The summed E-state index contributed by atoms with van der Waals surface area (Å²) in [6.45, 7) is 7.04. The highest BCUT2D eigenvalue weighted by molar-refractivity contribution is 5.35. The van der Waals surface area contributed by atoms with Crippen molar-refractivity contribution >= 4 is 0 Å². The van der Waals surface area contributed by atoms with E-state index < -0.39 is 0 Å². The minimum Gasteiger partial charge on any atom is -0.198 e. The van der Waals surface area contributed by atoms with Crippen molar-refractivity contribution in [2.24, 2.45) is 0 Å². The van der Waals surface area contributed by atoms with Gasteiger partial charge in [0.25, 0.3) is 0 Å². The maximum Gasteiger partial charge on any atom is 0.0621 e. The van der Waals surface area contributed by atoms with E-state index in [1.54, 1.807) is 16.7 Å². The molecule has 0 aliphatic carbocycles. The van der Waals surface area contributed by atoms with Gasteiger partial charge in [0.05, 0.1) is 12.1 Å². The fraction of sp³-hybridized carbons (Fsp3) is 0.814. The van der Waals surface area contributed by atoms with Crippen LogP contribution in [-0.2, 0) is 0 Å². The number of aryl methyl sites for hydroxylation is 1. The Labute approximate surface area is 282 Å². The second-order valence-corrected chi connectivity index (χ2v) is 14.3. The van der Waals surface area contributed by atoms with E-state index in [0.717, 1.165) is 37.5 Å². The van der Waals surface area contributed by atoms with E-state index in [0.29, 0.717) is 0 Å². The van der Waals surface area contributed by atoms with E-state index in [-0.39, 0.29) is 0 Å². The first kappa shape index (κ1) is 41.2. The van der Waals surface area contributed by atoms with Gasteiger partial charge in [0, 0.05) is 12.8 Å². The molecule has 2 atom stereocenters. The van der Waals surface area contributed by atoms with Gasteiger partial charge < -0.3 is 0 Å². The van der Waals surface area contributed by atoms with Crippen LogP contribution in [0.5, 0.6) is 0 Å². The minimum absolute atomic E-state index is 0.718. The quantitative estimate of drug-likeness (QED) is 0.0754. The third-order valence-corrected chi connectivity index (χ3v) is 10.2. The predicted octanol–water partition coefficient (Wildman–Crippen LogP) is 15.0. The highest BCUT2D eigenvalue weighted by Gasteiger charge is 2.17. The van der Waals surface area contributed by atoms with Crippen LogP contribution in [0.2, 0.25) is 0 Å². The van der Waals surface area contributed by atoms with Gasteiger partial charge in [-0.1, -0.05) is 173 Å². The first-order valence-electron chi connectivity index (χ1n) is 20.0. The predicted molar refractivity (Wildman–Crippen MR) is 198 cm³/mol. The van der Waals surface area contributed by atoms with Crippen LogP contribution >= 0.6 is 0 Å². The zero-order valence-corrected chi connectivity index (χ0v) is 30.5. The van der Waals surface area contributed by atoms with Crippen molar-refractivity contribution in [2.45, 2.75) is 225 Å². The molecule has 0 radical (unpaired) electrons. The van der Waals surface area contributed by atoms with Crippen molar-refractivity contribution in [3.63, 3.8) is 0 Å². The third kappa shape index (κ3) is 22.4. The molecule has 0 bridgehead atoms. The van der Waals surface area contributed by atoms with Gasteiger partial charge in [-0.3, -0.25) is 0 Å². The molecule has 0 saturated heterocycles. The Balaban J connectivity index is 2.76. The lowest BCUT2D eigenvalue weighted by Crippen LogP contribution is -2.05. The largest absolute Gasteiger partial charge is 0.198 e. The van der Waals surface area contributed by atoms with Crippen LogP contribution in [0, 0.1) is 29.6 Å². The number of nitrogens with zero attached hydrogens (tertiary/aromatic N) is 2. The van der Waals surface area contributed by atoms with E-state index >= 15 is 0 Å². The minimum atomic E-state index is 0.718. The molecular formula is C43H74N2. The summed E-state index contributed by atoms with van der Waals surface area (Å²) >= 11 is 0. The van der Waals surface area contributed by atoms with Gasteiger partial charge in [-0.05, 0) is 74.0 Å². The molecule has 0 heterocycles. The van der Waals surface area contributed by atoms with Crippen LogP contribution in [0.1, 0.15) is 235 Å². The summed E-state index contributed by atoms with van der Waals surface area (Å²) in [4.78, 5) is 0. The number of benzene rings is 1. The van der Waals surface area contributed by atoms with Gasteiger partial charge in [-0.2, -0.15) is 10.5 Å². The third-order valence-electron chi connectivity index (χ3n) is 10.2. The average molecular weight is 619 g/mol. The van der Waals surface area contributed by atoms with Crippen molar-refractivity contribution in [3.8, 4) is 12.1 Å². The Bertz CT molecular complexity index is 875. The summed E-state index contributed by atoms with van der Waals surface area (Å²) < 4.78 is 0. The van der Waals surface area contributed by atoms with Gasteiger partial charge in [0.2, 0.25) is 0 Å². The maximum absolute atomic E-state index is 8.74. The lowest BCUT2D eigenvalue weighted by Gasteiger charge is -2.23. The molecule has 0 spiro atoms. The molecule has 2 unspecified atom stereocenters. The second-order valence-electron chi connectivity index (χ2n) is 14.3. The molecule has 256 valence electrons. The van der Waals surface area contributed by atoms with Gasteiger partial charge in [-0.15, -0.1) is 0 Å². The van der Waals surface area contributed by atoms with Gasteiger partial charge in [-0.25, -0.2) is 0 Å². The normalized spacial score (nSPS) is 12.6. The number of nitriles is 2. The molecule has 0 aliphatic heterocycles. The number of hydrogen-bond donors (Lipinski definition) is 0. The van der Waals surface area contributed by atoms with Crippen LogP contribution < -0.4 is 0 Å². The average Bonchev–Trinajstić information content (AvgIpc) is 3.04.